The monoisotopic (exact) mass is 171 g/mol. The second kappa shape index (κ2) is 2.84. The van der Waals surface area contributed by atoms with Gasteiger partial charge in [-0.25, -0.2) is 0 Å². The molecule has 66 valence electrons. The number of hydrogen-bond acceptors (Lipinski definition) is 1. The third kappa shape index (κ3) is 1.31. The molecule has 0 aliphatic heterocycles. The molecule has 0 saturated heterocycles. The highest BCUT2D eigenvalue weighted by Crippen LogP contribution is 2.19. The SMILES string of the molecule is Cc1ccc2c(C)c(C)ccc2n1. The van der Waals surface area contributed by atoms with E-state index in [2.05, 4.69) is 43.1 Å². The van der Waals surface area contributed by atoms with Crippen molar-refractivity contribution in [2.75, 3.05) is 0 Å². The molecule has 0 N–H and O–H groups in total. The van der Waals surface area contributed by atoms with Gasteiger partial charge in [0.15, 0.2) is 0 Å². The normalized spacial score (nSPS) is 10.7. The zero-order valence-corrected chi connectivity index (χ0v) is 8.26. The highest BCUT2D eigenvalue weighted by molar-refractivity contribution is 5.83. The van der Waals surface area contributed by atoms with E-state index in [-0.39, 0.29) is 0 Å². The molecule has 0 radical (unpaired) electrons. The number of rotatable bonds is 0. The molecule has 0 fully saturated rings. The van der Waals surface area contributed by atoms with E-state index in [9.17, 15) is 0 Å². The van der Waals surface area contributed by atoms with Crippen LogP contribution in [0.25, 0.3) is 10.9 Å². The lowest BCUT2D eigenvalue weighted by molar-refractivity contribution is 1.24. The number of benzene rings is 1. The second-order valence-corrected chi connectivity index (χ2v) is 3.53. The highest BCUT2D eigenvalue weighted by atomic mass is 14.7. The Labute approximate surface area is 78.4 Å². The van der Waals surface area contributed by atoms with Gasteiger partial charge in [-0.15, -0.1) is 0 Å². The number of aromatic nitrogens is 1. The molecule has 13 heavy (non-hydrogen) atoms. The minimum absolute atomic E-state index is 1.08. The van der Waals surface area contributed by atoms with Crippen molar-refractivity contribution in [1.82, 2.24) is 4.98 Å². The van der Waals surface area contributed by atoms with Crippen LogP contribution in [0.15, 0.2) is 24.3 Å². The Bertz CT molecular complexity index is 458. The number of nitrogens with zero attached hydrogens (tertiary/aromatic N) is 1. The molecule has 1 aromatic carbocycles. The maximum absolute atomic E-state index is 4.48. The topological polar surface area (TPSA) is 12.9 Å². The van der Waals surface area contributed by atoms with Crippen molar-refractivity contribution >= 4 is 10.9 Å². The van der Waals surface area contributed by atoms with Gasteiger partial charge < -0.3 is 0 Å². The van der Waals surface area contributed by atoms with Crippen LogP contribution >= 0.6 is 0 Å². The highest BCUT2D eigenvalue weighted by Gasteiger charge is 2.00. The molecule has 2 aromatic rings. The van der Waals surface area contributed by atoms with Crippen molar-refractivity contribution in [1.29, 1.82) is 0 Å². The van der Waals surface area contributed by atoms with E-state index in [0.29, 0.717) is 0 Å². The average molecular weight is 171 g/mol. The lowest BCUT2D eigenvalue weighted by Gasteiger charge is -2.05. The standard InChI is InChI=1S/C12H13N/c1-8-4-7-12-11(10(8)3)6-5-9(2)13-12/h4-7H,1-3H3. The fourth-order valence-electron chi connectivity index (χ4n) is 1.56. The van der Waals surface area contributed by atoms with Crippen LogP contribution in [-0.4, -0.2) is 4.98 Å². The summed E-state index contributed by atoms with van der Waals surface area (Å²) in [5.41, 5.74) is 4.85. The van der Waals surface area contributed by atoms with E-state index in [1.54, 1.807) is 0 Å². The van der Waals surface area contributed by atoms with E-state index in [4.69, 9.17) is 0 Å². The maximum atomic E-state index is 4.48. The molecule has 0 spiro atoms. The third-order valence-corrected chi connectivity index (χ3v) is 2.55. The molecule has 0 saturated carbocycles. The van der Waals surface area contributed by atoms with E-state index < -0.39 is 0 Å². The van der Waals surface area contributed by atoms with Crippen molar-refractivity contribution in [3.63, 3.8) is 0 Å². The maximum Gasteiger partial charge on any atom is 0.0708 e. The molecule has 1 aromatic heterocycles. The Morgan fingerprint density at radius 1 is 0.923 bits per heavy atom. The van der Waals surface area contributed by atoms with Crippen LogP contribution in [-0.2, 0) is 0 Å². The Kier molecular flexibility index (Phi) is 1.80. The zero-order valence-electron chi connectivity index (χ0n) is 8.26. The summed E-state index contributed by atoms with van der Waals surface area (Å²) in [6.45, 7) is 6.30. The molecule has 0 atom stereocenters. The van der Waals surface area contributed by atoms with Crippen molar-refractivity contribution < 1.29 is 0 Å². The molecule has 0 aliphatic rings. The molecule has 0 amide bonds. The summed E-state index contributed by atoms with van der Waals surface area (Å²) in [6.07, 6.45) is 0. The summed E-state index contributed by atoms with van der Waals surface area (Å²) >= 11 is 0. The average Bonchev–Trinajstić information content (AvgIpc) is 2.12. The van der Waals surface area contributed by atoms with Crippen molar-refractivity contribution in [3.8, 4) is 0 Å². The number of fused-ring (bicyclic) bond motifs is 1. The lowest BCUT2D eigenvalue weighted by atomic mass is 10.0. The molecule has 1 heterocycles. The van der Waals surface area contributed by atoms with Gasteiger partial charge in [0.25, 0.3) is 0 Å². The van der Waals surface area contributed by atoms with Gasteiger partial charge in [-0.1, -0.05) is 12.1 Å². The summed E-state index contributed by atoms with van der Waals surface area (Å²) in [7, 11) is 0. The first-order valence-electron chi connectivity index (χ1n) is 4.52. The predicted octanol–water partition coefficient (Wildman–Crippen LogP) is 3.16. The third-order valence-electron chi connectivity index (χ3n) is 2.55. The largest absolute Gasteiger partial charge is 0.253 e. The minimum Gasteiger partial charge on any atom is -0.253 e. The second-order valence-electron chi connectivity index (χ2n) is 3.53. The van der Waals surface area contributed by atoms with Crippen LogP contribution in [0.1, 0.15) is 16.8 Å². The van der Waals surface area contributed by atoms with Crippen LogP contribution in [0.3, 0.4) is 0 Å². The molecule has 0 aliphatic carbocycles. The van der Waals surface area contributed by atoms with Crippen LogP contribution in [0.2, 0.25) is 0 Å². The molecule has 0 bridgehead atoms. The zero-order chi connectivity index (χ0) is 9.42. The van der Waals surface area contributed by atoms with Gasteiger partial charge in [-0.2, -0.15) is 0 Å². The van der Waals surface area contributed by atoms with Crippen LogP contribution in [0, 0.1) is 20.8 Å². The molecule has 0 unspecified atom stereocenters. The molecular formula is C12H13N. The summed E-state index contributed by atoms with van der Waals surface area (Å²) in [4.78, 5) is 4.48. The minimum atomic E-state index is 1.08. The first-order valence-corrected chi connectivity index (χ1v) is 4.52. The van der Waals surface area contributed by atoms with Gasteiger partial charge in [0.2, 0.25) is 0 Å². The molecule has 1 nitrogen and oxygen atoms in total. The van der Waals surface area contributed by atoms with Gasteiger partial charge in [0.1, 0.15) is 0 Å². The van der Waals surface area contributed by atoms with Crippen LogP contribution in [0.4, 0.5) is 0 Å². The fourth-order valence-corrected chi connectivity index (χ4v) is 1.56. The van der Waals surface area contributed by atoms with Gasteiger partial charge >= 0.3 is 0 Å². The molecule has 1 heteroatoms. The van der Waals surface area contributed by atoms with E-state index in [1.807, 2.05) is 6.92 Å². The molecular weight excluding hydrogens is 158 g/mol. The van der Waals surface area contributed by atoms with Gasteiger partial charge in [-0.05, 0) is 44.0 Å². The number of pyridine rings is 1. The van der Waals surface area contributed by atoms with E-state index in [1.165, 1.54) is 16.5 Å². The Morgan fingerprint density at radius 3 is 2.46 bits per heavy atom. The van der Waals surface area contributed by atoms with Crippen LogP contribution in [0.5, 0.6) is 0 Å². The predicted molar refractivity (Wildman–Crippen MR) is 56.0 cm³/mol. The Balaban J connectivity index is 2.87. The van der Waals surface area contributed by atoms with Gasteiger partial charge in [-0.3, -0.25) is 4.98 Å². The summed E-state index contributed by atoms with van der Waals surface area (Å²) < 4.78 is 0. The van der Waals surface area contributed by atoms with Crippen molar-refractivity contribution in [2.45, 2.75) is 20.8 Å². The summed E-state index contributed by atoms with van der Waals surface area (Å²) in [6, 6.07) is 8.43. The number of aryl methyl sites for hydroxylation is 3. The van der Waals surface area contributed by atoms with Crippen molar-refractivity contribution in [3.05, 3.63) is 41.1 Å². The first-order chi connectivity index (χ1) is 6.18. The first kappa shape index (κ1) is 8.24. The summed E-state index contributed by atoms with van der Waals surface area (Å²) in [5, 5.41) is 1.27. The van der Waals surface area contributed by atoms with Gasteiger partial charge in [0.05, 0.1) is 5.52 Å². The van der Waals surface area contributed by atoms with E-state index >= 15 is 0 Å². The fraction of sp³-hybridized carbons (Fsp3) is 0.250. The van der Waals surface area contributed by atoms with Gasteiger partial charge in [0, 0.05) is 11.1 Å². The van der Waals surface area contributed by atoms with Crippen molar-refractivity contribution in [2.24, 2.45) is 0 Å². The summed E-state index contributed by atoms with van der Waals surface area (Å²) in [5.74, 6) is 0. The lowest BCUT2D eigenvalue weighted by Crippen LogP contribution is -1.87. The Hall–Kier alpha value is -1.37. The van der Waals surface area contributed by atoms with E-state index in [0.717, 1.165) is 11.2 Å². The smallest absolute Gasteiger partial charge is 0.0708 e. The quantitative estimate of drug-likeness (QED) is 0.593. The van der Waals surface area contributed by atoms with Crippen LogP contribution < -0.4 is 0 Å². The molecule has 2 rings (SSSR count). The number of hydrogen-bond donors (Lipinski definition) is 0. The Morgan fingerprint density at radius 2 is 1.69 bits per heavy atom.